The van der Waals surface area contributed by atoms with Crippen LogP contribution in [0.1, 0.15) is 42.3 Å². The lowest BCUT2D eigenvalue weighted by Gasteiger charge is -2.33. The molecule has 0 radical (unpaired) electrons. The maximum absolute atomic E-state index is 12.6. The highest BCUT2D eigenvalue weighted by Gasteiger charge is 2.52. The van der Waals surface area contributed by atoms with Crippen molar-refractivity contribution in [3.8, 4) is 0 Å². The van der Waals surface area contributed by atoms with E-state index in [2.05, 4.69) is 17.7 Å². The highest BCUT2D eigenvalue weighted by Crippen LogP contribution is 2.35. The predicted octanol–water partition coefficient (Wildman–Crippen LogP) is 2.09. The normalized spacial score (nSPS) is 25.3. The zero-order valence-electron chi connectivity index (χ0n) is 14.0. The molecule has 1 saturated heterocycles. The number of imide groups is 1. The Labute approximate surface area is 158 Å². The zero-order valence-corrected chi connectivity index (χ0v) is 15.6. The molecular weight excluding hydrogens is 382 g/mol. The Morgan fingerprint density at radius 3 is 2.69 bits per heavy atom. The molecule has 1 aliphatic heterocycles. The number of rotatable bonds is 4. The fraction of sp³-hybridized carbons (Fsp3) is 0.500. The fourth-order valence-electron chi connectivity index (χ4n) is 3.10. The van der Waals surface area contributed by atoms with Gasteiger partial charge < -0.3 is 10.1 Å². The lowest BCUT2D eigenvalue weighted by Crippen LogP contribution is -2.52. The van der Waals surface area contributed by atoms with E-state index in [1.54, 1.807) is 6.07 Å². The molecule has 3 rings (SSSR count). The van der Waals surface area contributed by atoms with Crippen LogP contribution in [0.3, 0.4) is 0 Å². The highest BCUT2D eigenvalue weighted by atomic mass is 35.5. The summed E-state index contributed by atoms with van der Waals surface area (Å²) in [5.41, 5.74) is 1.26. The molecule has 0 bridgehead atoms. The summed E-state index contributed by atoms with van der Waals surface area (Å²) in [6.07, 6.45) is 2.74. The number of carbonyl (C=O) groups is 4. The van der Waals surface area contributed by atoms with Gasteiger partial charge in [0.2, 0.25) is 0 Å². The van der Waals surface area contributed by atoms with Crippen LogP contribution in [0, 0.1) is 5.92 Å². The fourth-order valence-corrected chi connectivity index (χ4v) is 4.04. The Morgan fingerprint density at radius 2 is 2.08 bits per heavy atom. The van der Waals surface area contributed by atoms with Gasteiger partial charge >= 0.3 is 12.0 Å². The second-order valence-corrected chi connectivity index (χ2v) is 8.27. The Kier molecular flexibility index (Phi) is 5.19. The third-order valence-corrected chi connectivity index (χ3v) is 5.85. The van der Waals surface area contributed by atoms with Crippen molar-refractivity contribution < 1.29 is 23.9 Å². The molecule has 26 heavy (non-hydrogen) atoms. The summed E-state index contributed by atoms with van der Waals surface area (Å²) in [6, 6.07) is 2.35. The number of carbonyl (C=O) groups excluding carboxylic acids is 4. The molecule has 1 aromatic heterocycles. The largest absolute Gasteiger partial charge is 0.451 e. The number of ether oxygens (including phenoxy) is 1. The zero-order chi connectivity index (χ0) is 18.9. The average molecular weight is 400 g/mol. The van der Waals surface area contributed by atoms with E-state index >= 15 is 0 Å². The lowest BCUT2D eigenvalue weighted by molar-refractivity contribution is -0.141. The number of halogens is 1. The van der Waals surface area contributed by atoms with E-state index in [1.807, 2.05) is 0 Å². The van der Waals surface area contributed by atoms with Crippen molar-refractivity contribution in [2.24, 2.45) is 5.92 Å². The number of thiophene rings is 1. The van der Waals surface area contributed by atoms with Crippen LogP contribution in [0.4, 0.5) is 4.79 Å². The molecule has 1 spiro atoms. The summed E-state index contributed by atoms with van der Waals surface area (Å²) in [4.78, 5) is 48.7. The maximum Gasteiger partial charge on any atom is 0.348 e. The minimum absolute atomic E-state index is 0.257. The lowest BCUT2D eigenvalue weighted by atomic mass is 9.77. The smallest absolute Gasteiger partial charge is 0.348 e. The Hall–Kier alpha value is -2.13. The second-order valence-electron chi connectivity index (χ2n) is 6.55. The third kappa shape index (κ3) is 3.68. The SMILES string of the molecule is CC1CCC2(CC1)NC(=O)N(NC(=O)COC(=O)c1ccc(Cl)s1)C2=O. The molecule has 8 nitrogen and oxygen atoms in total. The molecule has 4 amide bonds. The van der Waals surface area contributed by atoms with Gasteiger partial charge in [0, 0.05) is 0 Å². The van der Waals surface area contributed by atoms with E-state index in [0.29, 0.717) is 28.1 Å². The molecule has 1 aliphatic carbocycles. The van der Waals surface area contributed by atoms with Crippen molar-refractivity contribution in [1.82, 2.24) is 15.8 Å². The van der Waals surface area contributed by atoms with Gasteiger partial charge in [-0.05, 0) is 43.7 Å². The summed E-state index contributed by atoms with van der Waals surface area (Å²) in [7, 11) is 0. The van der Waals surface area contributed by atoms with E-state index in [0.717, 1.165) is 24.2 Å². The van der Waals surface area contributed by atoms with Crippen LogP contribution in [-0.4, -0.2) is 41.0 Å². The maximum atomic E-state index is 12.6. The molecule has 10 heteroatoms. The van der Waals surface area contributed by atoms with Crippen LogP contribution in [-0.2, 0) is 14.3 Å². The van der Waals surface area contributed by atoms with Crippen LogP contribution in [0.2, 0.25) is 4.34 Å². The summed E-state index contributed by atoms with van der Waals surface area (Å²) >= 11 is 6.76. The van der Waals surface area contributed by atoms with Gasteiger partial charge in [-0.25, -0.2) is 9.59 Å². The number of nitrogens with one attached hydrogen (secondary N) is 2. The van der Waals surface area contributed by atoms with E-state index < -0.39 is 36.0 Å². The van der Waals surface area contributed by atoms with Crippen LogP contribution in [0.15, 0.2) is 12.1 Å². The summed E-state index contributed by atoms with van der Waals surface area (Å²) in [5.74, 6) is -1.45. The Morgan fingerprint density at radius 1 is 1.38 bits per heavy atom. The standard InChI is InChI=1S/C16H18ClN3O5S/c1-9-4-6-16(7-5-9)14(23)20(15(24)18-16)19-12(21)8-25-13(22)10-2-3-11(17)26-10/h2-3,9H,4-8H2,1H3,(H,18,24)(H,19,21). The quantitative estimate of drug-likeness (QED) is 0.595. The summed E-state index contributed by atoms with van der Waals surface area (Å²) in [6.45, 7) is 1.48. The van der Waals surface area contributed by atoms with E-state index in [4.69, 9.17) is 16.3 Å². The van der Waals surface area contributed by atoms with Crippen molar-refractivity contribution in [1.29, 1.82) is 0 Å². The molecule has 2 heterocycles. The average Bonchev–Trinajstić information content (AvgIpc) is 3.13. The molecule has 1 aromatic rings. The van der Waals surface area contributed by atoms with Gasteiger partial charge in [-0.3, -0.25) is 15.0 Å². The van der Waals surface area contributed by atoms with Gasteiger partial charge in [-0.1, -0.05) is 18.5 Å². The first kappa shape index (κ1) is 18.7. The first-order valence-corrected chi connectivity index (χ1v) is 9.39. The number of esters is 1. The summed E-state index contributed by atoms with van der Waals surface area (Å²) < 4.78 is 5.29. The molecule has 2 N–H and O–H groups in total. The molecule has 2 fully saturated rings. The van der Waals surface area contributed by atoms with Crippen molar-refractivity contribution in [3.63, 3.8) is 0 Å². The molecule has 0 atom stereocenters. The highest BCUT2D eigenvalue weighted by molar-refractivity contribution is 7.17. The van der Waals surface area contributed by atoms with Gasteiger partial charge in [0.1, 0.15) is 10.4 Å². The van der Waals surface area contributed by atoms with Crippen molar-refractivity contribution >= 4 is 46.8 Å². The molecule has 2 aliphatic rings. The third-order valence-electron chi connectivity index (χ3n) is 4.63. The number of nitrogens with zero attached hydrogens (tertiary/aromatic N) is 1. The van der Waals surface area contributed by atoms with E-state index in [1.165, 1.54) is 6.07 Å². The van der Waals surface area contributed by atoms with Gasteiger partial charge in [0.15, 0.2) is 6.61 Å². The summed E-state index contributed by atoms with van der Waals surface area (Å²) in [5, 5.41) is 3.37. The minimum Gasteiger partial charge on any atom is -0.451 e. The van der Waals surface area contributed by atoms with Crippen LogP contribution in [0.25, 0.3) is 0 Å². The molecule has 1 saturated carbocycles. The van der Waals surface area contributed by atoms with Crippen LogP contribution < -0.4 is 10.7 Å². The van der Waals surface area contributed by atoms with Gasteiger partial charge in [0.05, 0.1) is 4.34 Å². The van der Waals surface area contributed by atoms with Crippen LogP contribution >= 0.6 is 22.9 Å². The first-order valence-electron chi connectivity index (χ1n) is 8.19. The Balaban J connectivity index is 1.55. The van der Waals surface area contributed by atoms with Gasteiger partial charge in [0.25, 0.3) is 11.8 Å². The van der Waals surface area contributed by atoms with Crippen molar-refractivity contribution in [3.05, 3.63) is 21.3 Å². The van der Waals surface area contributed by atoms with Crippen molar-refractivity contribution in [2.75, 3.05) is 6.61 Å². The number of hydrazine groups is 1. The topological polar surface area (TPSA) is 105 Å². The minimum atomic E-state index is -0.943. The Bertz CT molecular complexity index is 757. The predicted molar refractivity (Wildman–Crippen MR) is 93.5 cm³/mol. The molecule has 0 aromatic carbocycles. The molecule has 0 unspecified atom stereocenters. The number of hydrogen-bond acceptors (Lipinski definition) is 6. The molecular formula is C16H18ClN3O5S. The van der Waals surface area contributed by atoms with Crippen LogP contribution in [0.5, 0.6) is 0 Å². The van der Waals surface area contributed by atoms with Gasteiger partial charge in [-0.2, -0.15) is 5.01 Å². The first-order chi connectivity index (χ1) is 12.3. The second kappa shape index (κ2) is 7.24. The number of amides is 4. The van der Waals surface area contributed by atoms with E-state index in [-0.39, 0.29) is 4.88 Å². The monoisotopic (exact) mass is 399 g/mol. The number of hydrogen-bond donors (Lipinski definition) is 2. The van der Waals surface area contributed by atoms with Crippen molar-refractivity contribution in [2.45, 2.75) is 38.1 Å². The number of urea groups is 1. The molecule has 140 valence electrons. The van der Waals surface area contributed by atoms with Gasteiger partial charge in [-0.15, -0.1) is 11.3 Å². The van der Waals surface area contributed by atoms with E-state index in [9.17, 15) is 19.2 Å².